The summed E-state index contributed by atoms with van der Waals surface area (Å²) in [7, 11) is 0. The van der Waals surface area contributed by atoms with Crippen molar-refractivity contribution in [2.45, 2.75) is 24.5 Å². The van der Waals surface area contributed by atoms with Gasteiger partial charge in [-0.3, -0.25) is 4.79 Å². The highest BCUT2D eigenvalue weighted by Crippen LogP contribution is 2.35. The van der Waals surface area contributed by atoms with E-state index in [-0.39, 0.29) is 11.3 Å². The number of rotatable bonds is 2. The minimum absolute atomic E-state index is 0.113. The van der Waals surface area contributed by atoms with Gasteiger partial charge >= 0.3 is 0 Å². The molecule has 0 amide bonds. The number of aromatic nitrogens is 3. The number of aliphatic hydroxyl groups is 3. The van der Waals surface area contributed by atoms with Gasteiger partial charge in [-0.15, -0.1) is 0 Å². The fourth-order valence-corrected chi connectivity index (χ4v) is 3.11. The molecule has 1 aliphatic heterocycles. The maximum atomic E-state index is 12.0. The number of nitrogen functional groups attached to an aromatic ring is 1. The third kappa shape index (κ3) is 2.07. The molecule has 6 N–H and O–H groups in total. The average molecular weight is 361 g/mol. The summed E-state index contributed by atoms with van der Waals surface area (Å²) in [6.07, 6.45) is -2.99. The Morgan fingerprint density at radius 3 is 2.81 bits per heavy atom. The monoisotopic (exact) mass is 360 g/mol. The van der Waals surface area contributed by atoms with Crippen LogP contribution in [0.5, 0.6) is 0 Å². The Hall–Kier alpha value is -1.46. The van der Waals surface area contributed by atoms with E-state index >= 15 is 0 Å². The zero-order valence-electron chi connectivity index (χ0n) is 10.6. The van der Waals surface area contributed by atoms with Gasteiger partial charge in [-0.25, -0.2) is 5.10 Å². The van der Waals surface area contributed by atoms with Crippen molar-refractivity contribution in [3.05, 3.63) is 21.0 Å². The molecule has 0 spiro atoms. The van der Waals surface area contributed by atoms with Gasteiger partial charge in [0.15, 0.2) is 12.0 Å². The second kappa shape index (κ2) is 5.07. The van der Waals surface area contributed by atoms with Crippen molar-refractivity contribution < 1.29 is 20.1 Å². The standard InChI is InChI=1S/C11H13BrN4O5/c12-3-1-16(6-5(3)9(13)14-15-10(6)20)11-8(19)7(18)4(2-17)21-11/h1,4,7-8,11,17-19H,2H2,(H2,13,14)(H,15,20). The van der Waals surface area contributed by atoms with E-state index < -0.39 is 36.7 Å². The smallest absolute Gasteiger partial charge is 0.288 e. The van der Waals surface area contributed by atoms with Gasteiger partial charge in [-0.05, 0) is 15.9 Å². The number of nitrogens with zero attached hydrogens (tertiary/aromatic N) is 2. The number of aliphatic hydroxyl groups excluding tert-OH is 3. The van der Waals surface area contributed by atoms with Crippen LogP contribution in [0.2, 0.25) is 0 Å². The number of halogens is 1. The minimum Gasteiger partial charge on any atom is -0.394 e. The number of ether oxygens (including phenoxy) is 1. The van der Waals surface area contributed by atoms with E-state index in [1.54, 1.807) is 0 Å². The van der Waals surface area contributed by atoms with Gasteiger partial charge in [0.25, 0.3) is 5.56 Å². The Morgan fingerprint density at radius 2 is 2.19 bits per heavy atom. The largest absolute Gasteiger partial charge is 0.394 e. The number of anilines is 1. The van der Waals surface area contributed by atoms with Crippen molar-refractivity contribution in [3.8, 4) is 0 Å². The summed E-state index contributed by atoms with van der Waals surface area (Å²) in [5.41, 5.74) is 5.38. The molecule has 21 heavy (non-hydrogen) atoms. The lowest BCUT2D eigenvalue weighted by Gasteiger charge is -2.17. The van der Waals surface area contributed by atoms with E-state index in [9.17, 15) is 15.0 Å². The van der Waals surface area contributed by atoms with E-state index in [0.29, 0.717) is 9.86 Å². The Labute approximate surface area is 126 Å². The van der Waals surface area contributed by atoms with Crippen molar-refractivity contribution in [3.63, 3.8) is 0 Å². The lowest BCUT2D eigenvalue weighted by molar-refractivity contribution is -0.0507. The molecule has 10 heteroatoms. The van der Waals surface area contributed by atoms with Crippen molar-refractivity contribution >= 4 is 32.7 Å². The first-order valence-corrected chi connectivity index (χ1v) is 6.91. The van der Waals surface area contributed by atoms with E-state index in [4.69, 9.17) is 15.6 Å². The Bertz CT molecular complexity index is 744. The number of hydrogen-bond acceptors (Lipinski definition) is 7. The molecule has 0 radical (unpaired) electrons. The molecule has 0 bridgehead atoms. The van der Waals surface area contributed by atoms with Gasteiger partial charge in [-0.2, -0.15) is 5.10 Å². The van der Waals surface area contributed by atoms with Gasteiger partial charge in [0.1, 0.15) is 23.8 Å². The minimum atomic E-state index is -1.29. The zero-order valence-corrected chi connectivity index (χ0v) is 12.2. The molecule has 1 aliphatic rings. The van der Waals surface area contributed by atoms with Crippen molar-refractivity contribution in [2.24, 2.45) is 0 Å². The maximum absolute atomic E-state index is 12.0. The second-order valence-corrected chi connectivity index (χ2v) is 5.63. The quantitative estimate of drug-likeness (QED) is 0.446. The molecule has 2 aromatic heterocycles. The summed E-state index contributed by atoms with van der Waals surface area (Å²) >= 11 is 3.27. The van der Waals surface area contributed by atoms with Gasteiger partial charge < -0.3 is 30.4 Å². The highest BCUT2D eigenvalue weighted by molar-refractivity contribution is 9.10. The van der Waals surface area contributed by atoms with Crippen LogP contribution in [0.3, 0.4) is 0 Å². The van der Waals surface area contributed by atoms with E-state index in [0.717, 1.165) is 0 Å². The Morgan fingerprint density at radius 1 is 1.48 bits per heavy atom. The van der Waals surface area contributed by atoms with Gasteiger partial charge in [0, 0.05) is 10.7 Å². The van der Waals surface area contributed by atoms with Gasteiger partial charge in [0.05, 0.1) is 12.0 Å². The molecule has 4 unspecified atom stereocenters. The van der Waals surface area contributed by atoms with Crippen LogP contribution >= 0.6 is 15.9 Å². The van der Waals surface area contributed by atoms with Crippen molar-refractivity contribution in [1.82, 2.24) is 14.8 Å². The van der Waals surface area contributed by atoms with E-state index in [2.05, 4.69) is 26.1 Å². The van der Waals surface area contributed by atoms with Crippen LogP contribution in [0.4, 0.5) is 5.82 Å². The summed E-state index contributed by atoms with van der Waals surface area (Å²) in [5.74, 6) is 0.113. The molecule has 3 rings (SSSR count). The third-order valence-electron chi connectivity index (χ3n) is 3.53. The molecule has 0 aromatic carbocycles. The number of hydrogen-bond donors (Lipinski definition) is 5. The molecule has 9 nitrogen and oxygen atoms in total. The molecule has 4 atom stereocenters. The fraction of sp³-hybridized carbons (Fsp3) is 0.455. The number of nitrogens with one attached hydrogen (secondary N) is 1. The first-order valence-electron chi connectivity index (χ1n) is 6.12. The van der Waals surface area contributed by atoms with Crippen LogP contribution in [0.15, 0.2) is 15.5 Å². The Balaban J connectivity index is 2.18. The first-order chi connectivity index (χ1) is 9.95. The summed E-state index contributed by atoms with van der Waals surface area (Å²) in [4.78, 5) is 12.0. The van der Waals surface area contributed by atoms with Crippen LogP contribution in [-0.2, 0) is 4.74 Å². The SMILES string of the molecule is Nc1n[nH]c(=O)c2c1c(Br)cn2C1OC(CO)C(O)C1O. The van der Waals surface area contributed by atoms with E-state index in [1.165, 1.54) is 10.8 Å². The molecule has 1 saturated heterocycles. The summed E-state index contributed by atoms with van der Waals surface area (Å²) in [6.45, 7) is -0.449. The molecule has 2 aromatic rings. The molecular weight excluding hydrogens is 348 g/mol. The molecule has 3 heterocycles. The van der Waals surface area contributed by atoms with Crippen molar-refractivity contribution in [1.29, 1.82) is 0 Å². The van der Waals surface area contributed by atoms with Crippen molar-refractivity contribution in [2.75, 3.05) is 12.3 Å². The lowest BCUT2D eigenvalue weighted by atomic mass is 10.1. The van der Waals surface area contributed by atoms with Gasteiger partial charge in [-0.1, -0.05) is 0 Å². The van der Waals surface area contributed by atoms with Crippen LogP contribution in [-0.4, -0.2) is 55.0 Å². The maximum Gasteiger partial charge on any atom is 0.288 e. The highest BCUT2D eigenvalue weighted by Gasteiger charge is 2.44. The second-order valence-electron chi connectivity index (χ2n) is 4.77. The number of fused-ring (bicyclic) bond motifs is 1. The molecule has 114 valence electrons. The summed E-state index contributed by atoms with van der Waals surface area (Å²) in [6, 6.07) is 0. The zero-order chi connectivity index (χ0) is 15.3. The van der Waals surface area contributed by atoms with Crippen LogP contribution in [0.1, 0.15) is 6.23 Å². The van der Waals surface area contributed by atoms with Crippen LogP contribution in [0, 0.1) is 0 Å². The number of H-pyrrole nitrogens is 1. The Kier molecular flexibility index (Phi) is 3.50. The predicted molar refractivity (Wildman–Crippen MR) is 75.5 cm³/mol. The molecular formula is C11H13BrN4O5. The van der Waals surface area contributed by atoms with E-state index in [1.807, 2.05) is 0 Å². The van der Waals surface area contributed by atoms with Crippen LogP contribution in [0.25, 0.3) is 10.9 Å². The highest BCUT2D eigenvalue weighted by atomic mass is 79.9. The predicted octanol–water partition coefficient (Wildman–Crippen LogP) is -1.32. The average Bonchev–Trinajstić information content (AvgIpc) is 2.94. The lowest BCUT2D eigenvalue weighted by Crippen LogP contribution is -2.33. The van der Waals surface area contributed by atoms with Gasteiger partial charge in [0.2, 0.25) is 0 Å². The third-order valence-corrected chi connectivity index (χ3v) is 4.13. The topological polar surface area (TPSA) is 147 Å². The summed E-state index contributed by atoms with van der Waals surface area (Å²) in [5, 5.41) is 35.3. The number of aromatic amines is 1. The molecule has 1 fully saturated rings. The first kappa shape index (κ1) is 14.5. The van der Waals surface area contributed by atoms with Crippen LogP contribution < -0.4 is 11.3 Å². The molecule has 0 saturated carbocycles. The summed E-state index contributed by atoms with van der Waals surface area (Å²) < 4.78 is 7.28. The number of nitrogens with two attached hydrogens (primary N) is 1. The fourth-order valence-electron chi connectivity index (χ4n) is 2.50. The normalized spacial score (nSPS) is 29.3. The molecule has 0 aliphatic carbocycles.